The van der Waals surface area contributed by atoms with Crippen molar-refractivity contribution >= 4 is 11.9 Å². The highest BCUT2D eigenvalue weighted by molar-refractivity contribution is 5.76. The van der Waals surface area contributed by atoms with E-state index in [4.69, 9.17) is 4.74 Å². The Morgan fingerprint density at radius 3 is 1.37 bits per heavy atom. The van der Waals surface area contributed by atoms with Crippen LogP contribution in [0.25, 0.3) is 0 Å². The molecule has 59 heavy (non-hydrogen) atoms. The number of aliphatic hydroxyl groups excluding tert-OH is 2. The molecule has 0 aromatic heterocycles. The van der Waals surface area contributed by atoms with Gasteiger partial charge in [-0.15, -0.1) is 0 Å². The molecule has 0 bridgehead atoms. The summed E-state index contributed by atoms with van der Waals surface area (Å²) < 4.78 is 5.42. The van der Waals surface area contributed by atoms with Crippen molar-refractivity contribution in [3.63, 3.8) is 0 Å². The number of allylic oxidation sites excluding steroid dienone is 7. The first-order valence-corrected chi connectivity index (χ1v) is 25.4. The van der Waals surface area contributed by atoms with Crippen LogP contribution in [-0.4, -0.2) is 47.4 Å². The Labute approximate surface area is 366 Å². The molecular weight excluding hydrogens is 731 g/mol. The summed E-state index contributed by atoms with van der Waals surface area (Å²) in [7, 11) is 0. The third-order valence-electron chi connectivity index (χ3n) is 11.3. The SMILES string of the molecule is CCC/C=C\C/C=C\CCCCCCCC(=O)OCCCCC/C=C\CCCCCCCC(=O)NC(CO)C(O)/C=C/CCCCCCCCCCCCCCCCC. The fourth-order valence-electron chi connectivity index (χ4n) is 7.37. The zero-order valence-corrected chi connectivity index (χ0v) is 39.0. The van der Waals surface area contributed by atoms with E-state index in [9.17, 15) is 19.8 Å². The van der Waals surface area contributed by atoms with Crippen LogP contribution in [0.3, 0.4) is 0 Å². The fourth-order valence-corrected chi connectivity index (χ4v) is 7.37. The predicted octanol–water partition coefficient (Wildman–Crippen LogP) is 15.1. The highest BCUT2D eigenvalue weighted by Crippen LogP contribution is 2.15. The molecule has 0 aliphatic heterocycles. The van der Waals surface area contributed by atoms with E-state index in [1.807, 2.05) is 6.08 Å². The van der Waals surface area contributed by atoms with Crippen LogP contribution in [0.1, 0.15) is 251 Å². The number of nitrogens with one attached hydrogen (secondary N) is 1. The van der Waals surface area contributed by atoms with Gasteiger partial charge in [0, 0.05) is 12.8 Å². The molecular formula is C53H97NO5. The van der Waals surface area contributed by atoms with Gasteiger partial charge in [-0.05, 0) is 89.9 Å². The first-order chi connectivity index (χ1) is 29.0. The molecule has 0 aromatic rings. The normalized spacial score (nSPS) is 13.1. The number of unbranched alkanes of at least 4 members (excludes halogenated alkanes) is 29. The minimum atomic E-state index is -0.862. The van der Waals surface area contributed by atoms with Crippen LogP contribution >= 0.6 is 0 Å². The first-order valence-electron chi connectivity index (χ1n) is 25.4. The number of amides is 1. The topological polar surface area (TPSA) is 95.9 Å². The van der Waals surface area contributed by atoms with E-state index in [0.717, 1.165) is 103 Å². The molecule has 0 radical (unpaired) electrons. The van der Waals surface area contributed by atoms with Crippen molar-refractivity contribution in [3.8, 4) is 0 Å². The second kappa shape index (κ2) is 48.5. The van der Waals surface area contributed by atoms with Crippen molar-refractivity contribution < 1.29 is 24.5 Å². The molecule has 2 atom stereocenters. The van der Waals surface area contributed by atoms with Crippen molar-refractivity contribution in [2.24, 2.45) is 0 Å². The van der Waals surface area contributed by atoms with Crippen molar-refractivity contribution in [2.75, 3.05) is 13.2 Å². The number of carbonyl (C=O) groups excluding carboxylic acids is 2. The maximum atomic E-state index is 12.4. The number of ether oxygens (including phenoxy) is 1. The summed E-state index contributed by atoms with van der Waals surface area (Å²) in [5, 5.41) is 23.1. The van der Waals surface area contributed by atoms with Crippen molar-refractivity contribution in [1.29, 1.82) is 0 Å². The smallest absolute Gasteiger partial charge is 0.305 e. The van der Waals surface area contributed by atoms with E-state index in [1.54, 1.807) is 6.08 Å². The molecule has 0 saturated heterocycles. The third-order valence-corrected chi connectivity index (χ3v) is 11.3. The largest absolute Gasteiger partial charge is 0.466 e. The van der Waals surface area contributed by atoms with Gasteiger partial charge in [0.05, 0.1) is 25.4 Å². The van der Waals surface area contributed by atoms with Gasteiger partial charge in [-0.3, -0.25) is 9.59 Å². The third kappa shape index (κ3) is 45.2. The van der Waals surface area contributed by atoms with Gasteiger partial charge >= 0.3 is 5.97 Å². The Morgan fingerprint density at radius 2 is 0.881 bits per heavy atom. The summed E-state index contributed by atoms with van der Waals surface area (Å²) in [5.41, 5.74) is 0. The maximum Gasteiger partial charge on any atom is 0.305 e. The fraction of sp³-hybridized carbons (Fsp3) is 0.811. The van der Waals surface area contributed by atoms with Crippen LogP contribution in [0, 0.1) is 0 Å². The minimum Gasteiger partial charge on any atom is -0.466 e. The van der Waals surface area contributed by atoms with E-state index in [0.29, 0.717) is 19.4 Å². The lowest BCUT2D eigenvalue weighted by Crippen LogP contribution is -2.45. The van der Waals surface area contributed by atoms with Gasteiger partial charge in [0.25, 0.3) is 0 Å². The molecule has 0 aromatic carbocycles. The molecule has 0 aliphatic rings. The second-order valence-electron chi connectivity index (χ2n) is 17.1. The molecule has 6 heteroatoms. The number of rotatable bonds is 46. The highest BCUT2D eigenvalue weighted by atomic mass is 16.5. The van der Waals surface area contributed by atoms with E-state index >= 15 is 0 Å². The lowest BCUT2D eigenvalue weighted by Gasteiger charge is -2.20. The van der Waals surface area contributed by atoms with E-state index in [-0.39, 0.29) is 18.5 Å². The van der Waals surface area contributed by atoms with E-state index in [2.05, 4.69) is 55.6 Å². The monoisotopic (exact) mass is 828 g/mol. The molecule has 344 valence electrons. The molecule has 1 amide bonds. The summed E-state index contributed by atoms with van der Waals surface area (Å²) in [6, 6.07) is -0.648. The Morgan fingerprint density at radius 1 is 0.475 bits per heavy atom. The average molecular weight is 828 g/mol. The summed E-state index contributed by atoms with van der Waals surface area (Å²) in [6.07, 6.45) is 59.6. The van der Waals surface area contributed by atoms with Gasteiger partial charge in [0.1, 0.15) is 0 Å². The number of hydrogen-bond acceptors (Lipinski definition) is 5. The number of esters is 1. The Kier molecular flexibility index (Phi) is 46.7. The molecule has 0 aliphatic carbocycles. The van der Waals surface area contributed by atoms with Crippen LogP contribution in [0.4, 0.5) is 0 Å². The van der Waals surface area contributed by atoms with Crippen molar-refractivity contribution in [3.05, 3.63) is 48.6 Å². The summed E-state index contributed by atoms with van der Waals surface area (Å²) in [6.45, 7) is 4.76. The molecule has 3 N–H and O–H groups in total. The zero-order valence-electron chi connectivity index (χ0n) is 39.0. The van der Waals surface area contributed by atoms with Gasteiger partial charge in [0.2, 0.25) is 5.91 Å². The van der Waals surface area contributed by atoms with Gasteiger partial charge in [-0.25, -0.2) is 0 Å². The standard InChI is InChI=1S/C53H97NO5/c1-3-5-7-9-11-13-15-17-18-19-20-22-25-29-33-37-41-45-51(56)50(49-55)54-52(57)46-42-38-34-30-26-23-24-28-32-36-40-44-48-59-53(58)47-43-39-35-31-27-21-16-14-12-10-8-6-4-2/h8,10,14,16,24,28,41,45,50-51,55-56H,3-7,9,11-13,15,17-23,25-27,29-40,42-44,46-49H2,1-2H3,(H,54,57)/b10-8-,16-14-,28-24-,45-41+. The zero-order chi connectivity index (χ0) is 43.0. The van der Waals surface area contributed by atoms with Gasteiger partial charge < -0.3 is 20.3 Å². The van der Waals surface area contributed by atoms with Crippen molar-refractivity contribution in [2.45, 2.75) is 264 Å². The molecule has 0 saturated carbocycles. The molecule has 6 nitrogen and oxygen atoms in total. The molecule has 2 unspecified atom stereocenters. The van der Waals surface area contributed by atoms with Gasteiger partial charge in [-0.2, -0.15) is 0 Å². The number of hydrogen-bond donors (Lipinski definition) is 3. The summed E-state index contributed by atoms with van der Waals surface area (Å²) in [4.78, 5) is 24.4. The summed E-state index contributed by atoms with van der Waals surface area (Å²) >= 11 is 0. The molecule has 0 fully saturated rings. The van der Waals surface area contributed by atoms with Crippen molar-refractivity contribution in [1.82, 2.24) is 5.32 Å². The number of aliphatic hydroxyl groups is 2. The first kappa shape index (κ1) is 56.8. The Balaban J connectivity index is 3.57. The molecule has 0 spiro atoms. The predicted molar refractivity (Wildman–Crippen MR) is 255 cm³/mol. The van der Waals surface area contributed by atoms with Crippen LogP contribution in [-0.2, 0) is 14.3 Å². The lowest BCUT2D eigenvalue weighted by atomic mass is 10.0. The Hall–Kier alpha value is -2.18. The van der Waals surface area contributed by atoms with Gasteiger partial charge in [0.15, 0.2) is 0 Å². The van der Waals surface area contributed by atoms with Crippen LogP contribution in [0.15, 0.2) is 48.6 Å². The number of carbonyl (C=O) groups is 2. The van der Waals surface area contributed by atoms with Gasteiger partial charge in [-0.1, -0.05) is 197 Å². The minimum absolute atomic E-state index is 0.0405. The quantitative estimate of drug-likeness (QED) is 0.0323. The van der Waals surface area contributed by atoms with E-state index < -0.39 is 12.1 Å². The maximum absolute atomic E-state index is 12.4. The summed E-state index contributed by atoms with van der Waals surface area (Å²) in [5.74, 6) is -0.136. The van der Waals surface area contributed by atoms with Crippen LogP contribution < -0.4 is 5.32 Å². The molecule has 0 rings (SSSR count). The Bertz CT molecular complexity index is 1000. The highest BCUT2D eigenvalue weighted by Gasteiger charge is 2.18. The average Bonchev–Trinajstić information content (AvgIpc) is 3.24. The van der Waals surface area contributed by atoms with Crippen LogP contribution in [0.5, 0.6) is 0 Å². The van der Waals surface area contributed by atoms with Crippen LogP contribution in [0.2, 0.25) is 0 Å². The lowest BCUT2D eigenvalue weighted by molar-refractivity contribution is -0.143. The molecule has 0 heterocycles. The second-order valence-corrected chi connectivity index (χ2v) is 17.1. The van der Waals surface area contributed by atoms with E-state index in [1.165, 1.54) is 122 Å².